The van der Waals surface area contributed by atoms with Gasteiger partial charge in [0.1, 0.15) is 12.1 Å². The first-order valence-corrected chi connectivity index (χ1v) is 8.70. The molecule has 24 heavy (non-hydrogen) atoms. The maximum absolute atomic E-state index is 12.4. The summed E-state index contributed by atoms with van der Waals surface area (Å²) in [5, 5.41) is 2.00. The van der Waals surface area contributed by atoms with E-state index in [4.69, 9.17) is 4.74 Å². The highest BCUT2D eigenvalue weighted by Gasteiger charge is 2.46. The van der Waals surface area contributed by atoms with Crippen molar-refractivity contribution >= 4 is 17.3 Å². The zero-order valence-corrected chi connectivity index (χ0v) is 13.6. The summed E-state index contributed by atoms with van der Waals surface area (Å²) in [6.45, 7) is 0. The first kappa shape index (κ1) is 15.2. The smallest absolute Gasteiger partial charge is 0.325 e. The quantitative estimate of drug-likeness (QED) is 0.686. The zero-order valence-electron chi connectivity index (χ0n) is 13.6. The third-order valence-corrected chi connectivity index (χ3v) is 5.00. The molecule has 1 saturated carbocycles. The van der Waals surface area contributed by atoms with E-state index in [-0.39, 0.29) is 24.0 Å². The fourth-order valence-electron chi connectivity index (χ4n) is 3.79. The monoisotopic (exact) mass is 322 g/mol. The minimum Gasteiger partial charge on any atom is -0.461 e. The summed E-state index contributed by atoms with van der Waals surface area (Å²) in [4.78, 5) is 12.4. The Morgan fingerprint density at radius 1 is 0.875 bits per heavy atom. The predicted octanol–water partition coefficient (Wildman–Crippen LogP) is 3.81. The number of hydrazine groups is 1. The van der Waals surface area contributed by atoms with Gasteiger partial charge in [-0.05, 0) is 43.5 Å². The topological polar surface area (TPSA) is 41.6 Å². The summed E-state index contributed by atoms with van der Waals surface area (Å²) in [6, 6.07) is 19.9. The van der Waals surface area contributed by atoms with Gasteiger partial charge in [-0.2, -0.15) is 0 Å². The van der Waals surface area contributed by atoms with Gasteiger partial charge in [0.25, 0.3) is 0 Å². The Morgan fingerprint density at radius 3 is 2.08 bits per heavy atom. The van der Waals surface area contributed by atoms with Gasteiger partial charge in [0.15, 0.2) is 0 Å². The van der Waals surface area contributed by atoms with Gasteiger partial charge in [-0.25, -0.2) is 5.43 Å². The van der Waals surface area contributed by atoms with Gasteiger partial charge in [-0.15, -0.1) is 0 Å². The molecule has 0 unspecified atom stereocenters. The van der Waals surface area contributed by atoms with E-state index in [1.54, 1.807) is 0 Å². The number of hydrogen-bond acceptors (Lipinski definition) is 4. The van der Waals surface area contributed by atoms with E-state index in [2.05, 4.69) is 5.43 Å². The number of benzene rings is 2. The van der Waals surface area contributed by atoms with Crippen molar-refractivity contribution in [2.75, 3.05) is 5.01 Å². The molecule has 1 N–H and O–H groups in total. The Morgan fingerprint density at radius 2 is 1.46 bits per heavy atom. The van der Waals surface area contributed by atoms with Crippen LogP contribution in [0, 0.1) is 5.92 Å². The Hall–Kier alpha value is -2.33. The molecular formula is C20H22N2O2. The molecule has 0 aromatic heterocycles. The van der Waals surface area contributed by atoms with Crippen molar-refractivity contribution in [1.82, 2.24) is 5.43 Å². The lowest BCUT2D eigenvalue weighted by atomic mass is 9.84. The molecule has 0 amide bonds. The fraction of sp³-hybridized carbons (Fsp3) is 0.350. The Bertz CT molecular complexity index is 650. The summed E-state index contributed by atoms with van der Waals surface area (Å²) >= 11 is 0. The largest absolute Gasteiger partial charge is 0.461 e. The van der Waals surface area contributed by atoms with Gasteiger partial charge in [0.2, 0.25) is 0 Å². The highest BCUT2D eigenvalue weighted by atomic mass is 16.6. The van der Waals surface area contributed by atoms with Crippen LogP contribution in [0.25, 0.3) is 0 Å². The van der Waals surface area contributed by atoms with Crippen LogP contribution in [0.5, 0.6) is 0 Å². The number of hydrogen-bond donors (Lipinski definition) is 1. The molecule has 1 heterocycles. The van der Waals surface area contributed by atoms with Gasteiger partial charge < -0.3 is 4.74 Å². The van der Waals surface area contributed by atoms with Gasteiger partial charge >= 0.3 is 5.97 Å². The number of rotatable bonds is 4. The highest BCUT2D eigenvalue weighted by Crippen LogP contribution is 2.36. The first-order chi connectivity index (χ1) is 11.8. The predicted molar refractivity (Wildman–Crippen MR) is 93.8 cm³/mol. The van der Waals surface area contributed by atoms with Crippen LogP contribution in [0.4, 0.5) is 11.4 Å². The zero-order chi connectivity index (χ0) is 16.4. The summed E-state index contributed by atoms with van der Waals surface area (Å²) in [5.41, 5.74) is 5.48. The van der Waals surface area contributed by atoms with Crippen molar-refractivity contribution < 1.29 is 9.53 Å². The number of nitrogens with one attached hydrogen (secondary N) is 1. The van der Waals surface area contributed by atoms with Gasteiger partial charge in [0.05, 0.1) is 11.4 Å². The minimum absolute atomic E-state index is 0.0807. The van der Waals surface area contributed by atoms with Crippen LogP contribution in [0.3, 0.4) is 0 Å². The number of nitrogens with zero attached hydrogens (tertiary/aromatic N) is 1. The maximum atomic E-state index is 12.4. The molecule has 1 aliphatic heterocycles. The molecule has 4 rings (SSSR count). The highest BCUT2D eigenvalue weighted by molar-refractivity contribution is 5.79. The van der Waals surface area contributed by atoms with Gasteiger partial charge in [-0.3, -0.25) is 9.80 Å². The lowest BCUT2D eigenvalue weighted by Crippen LogP contribution is -2.48. The van der Waals surface area contributed by atoms with Crippen LogP contribution in [0.2, 0.25) is 0 Å². The van der Waals surface area contributed by atoms with Crippen molar-refractivity contribution in [3.05, 3.63) is 60.7 Å². The van der Waals surface area contributed by atoms with Gasteiger partial charge in [-0.1, -0.05) is 42.8 Å². The number of carbonyl (C=O) groups is 1. The number of carbonyl (C=O) groups excluding carboxylic acids is 1. The molecule has 2 aromatic rings. The number of anilines is 2. The van der Waals surface area contributed by atoms with Crippen LogP contribution in [0.15, 0.2) is 60.7 Å². The number of esters is 1. The second-order valence-electron chi connectivity index (χ2n) is 6.54. The molecule has 4 nitrogen and oxygen atoms in total. The average Bonchev–Trinajstić information content (AvgIpc) is 2.96. The Balaban J connectivity index is 1.64. The lowest BCUT2D eigenvalue weighted by molar-refractivity contribution is -0.143. The summed E-state index contributed by atoms with van der Waals surface area (Å²) in [7, 11) is 0. The normalized spacial score (nSPS) is 25.8. The average molecular weight is 322 g/mol. The van der Waals surface area contributed by atoms with Crippen LogP contribution in [-0.4, -0.2) is 18.1 Å². The maximum Gasteiger partial charge on any atom is 0.325 e. The van der Waals surface area contributed by atoms with Crippen molar-refractivity contribution in [3.8, 4) is 0 Å². The number of fused-ring (bicyclic) bond motifs is 1. The van der Waals surface area contributed by atoms with Crippen molar-refractivity contribution in [2.24, 2.45) is 5.92 Å². The summed E-state index contributed by atoms with van der Waals surface area (Å²) in [5.74, 6) is 0.143. The minimum atomic E-state index is -0.282. The molecule has 0 radical (unpaired) electrons. The number of ether oxygens (including phenoxy) is 1. The molecule has 2 fully saturated rings. The molecule has 3 atom stereocenters. The SMILES string of the molecule is O=C1O[C@@H]2CCCC[C@@H]2[C@H]1NN(c1ccccc1)c1ccccc1. The lowest BCUT2D eigenvalue weighted by Gasteiger charge is -2.31. The molecule has 124 valence electrons. The summed E-state index contributed by atoms with van der Waals surface area (Å²) < 4.78 is 5.62. The van der Waals surface area contributed by atoms with Gasteiger partial charge in [0, 0.05) is 5.92 Å². The second kappa shape index (κ2) is 6.65. The van der Waals surface area contributed by atoms with E-state index in [0.717, 1.165) is 30.6 Å². The van der Waals surface area contributed by atoms with Crippen LogP contribution >= 0.6 is 0 Å². The van der Waals surface area contributed by atoms with Crippen LogP contribution in [-0.2, 0) is 9.53 Å². The van der Waals surface area contributed by atoms with Crippen molar-refractivity contribution in [2.45, 2.75) is 37.8 Å². The Kier molecular flexibility index (Phi) is 4.22. The molecule has 1 aliphatic carbocycles. The molecular weight excluding hydrogens is 300 g/mol. The first-order valence-electron chi connectivity index (χ1n) is 8.70. The van der Waals surface area contributed by atoms with E-state index in [0.29, 0.717) is 0 Å². The van der Waals surface area contributed by atoms with Crippen molar-refractivity contribution in [1.29, 1.82) is 0 Å². The Labute approximate surface area is 142 Å². The van der Waals surface area contributed by atoms with E-state index in [1.807, 2.05) is 65.7 Å². The van der Waals surface area contributed by atoms with E-state index in [1.165, 1.54) is 6.42 Å². The molecule has 2 aromatic carbocycles. The molecule has 0 bridgehead atoms. The van der Waals surface area contributed by atoms with E-state index in [9.17, 15) is 4.79 Å². The molecule has 4 heteroatoms. The number of para-hydroxylation sites is 2. The molecule has 0 spiro atoms. The summed E-state index contributed by atoms with van der Waals surface area (Å²) in [6.07, 6.45) is 4.45. The van der Waals surface area contributed by atoms with E-state index < -0.39 is 0 Å². The fourth-order valence-corrected chi connectivity index (χ4v) is 3.79. The third kappa shape index (κ3) is 2.89. The molecule has 2 aliphatic rings. The molecule has 1 saturated heterocycles. The van der Waals surface area contributed by atoms with Crippen LogP contribution in [0.1, 0.15) is 25.7 Å². The van der Waals surface area contributed by atoms with E-state index >= 15 is 0 Å². The second-order valence-corrected chi connectivity index (χ2v) is 6.54. The third-order valence-electron chi connectivity index (χ3n) is 5.00. The van der Waals surface area contributed by atoms with Crippen molar-refractivity contribution in [3.63, 3.8) is 0 Å². The van der Waals surface area contributed by atoms with Crippen LogP contribution < -0.4 is 10.4 Å². The standard InChI is InChI=1S/C20H22N2O2/c23-20-19(17-13-7-8-14-18(17)24-20)21-22(15-9-3-1-4-10-15)16-11-5-2-6-12-16/h1-6,9-12,17-19,21H,7-8,13-14H2/t17-,18+,19+/m0/s1.